The number of carbonyl (C=O) groups excluding carboxylic acids is 2. The Morgan fingerprint density at radius 1 is 0.933 bits per heavy atom. The van der Waals surface area contributed by atoms with Gasteiger partial charge in [-0.15, -0.1) is 0 Å². The topological polar surface area (TPSA) is 76.4 Å². The molecule has 0 spiro atoms. The van der Waals surface area contributed by atoms with E-state index >= 15 is 0 Å². The standard InChI is InChI=1S/C25H19NO4/c1-2-29-24(27)22(17-26)15-18-7-6-10-23(16-18)30-25(28)21-13-11-20(12-14-21)19-8-4-3-5-9-19/h3-16H,2H2,1H3/b22-15+. The summed E-state index contributed by atoms with van der Waals surface area (Å²) in [5, 5.41) is 9.15. The van der Waals surface area contributed by atoms with Crippen molar-refractivity contribution in [2.24, 2.45) is 0 Å². The molecule has 0 saturated heterocycles. The molecular formula is C25H19NO4. The number of ether oxygens (including phenoxy) is 2. The van der Waals surface area contributed by atoms with E-state index in [1.165, 1.54) is 6.08 Å². The molecule has 5 nitrogen and oxygen atoms in total. The molecule has 0 heterocycles. The van der Waals surface area contributed by atoms with E-state index in [2.05, 4.69) is 0 Å². The molecule has 148 valence electrons. The minimum absolute atomic E-state index is 0.128. The second-order valence-corrected chi connectivity index (χ2v) is 6.30. The van der Waals surface area contributed by atoms with Crippen LogP contribution < -0.4 is 4.74 Å². The van der Waals surface area contributed by atoms with Gasteiger partial charge in [-0.25, -0.2) is 9.59 Å². The van der Waals surface area contributed by atoms with Gasteiger partial charge in [0.2, 0.25) is 0 Å². The maximum atomic E-state index is 12.5. The van der Waals surface area contributed by atoms with E-state index in [0.717, 1.165) is 11.1 Å². The molecule has 0 N–H and O–H groups in total. The average molecular weight is 397 g/mol. The monoisotopic (exact) mass is 397 g/mol. The molecular weight excluding hydrogens is 378 g/mol. The lowest BCUT2D eigenvalue weighted by molar-refractivity contribution is -0.137. The number of hydrogen-bond acceptors (Lipinski definition) is 5. The molecule has 0 bridgehead atoms. The Hall–Kier alpha value is -4.17. The highest BCUT2D eigenvalue weighted by Crippen LogP contribution is 2.21. The number of hydrogen-bond donors (Lipinski definition) is 0. The Kier molecular flexibility index (Phi) is 6.75. The van der Waals surface area contributed by atoms with Gasteiger partial charge < -0.3 is 9.47 Å². The second-order valence-electron chi connectivity index (χ2n) is 6.30. The highest BCUT2D eigenvalue weighted by Gasteiger charge is 2.12. The lowest BCUT2D eigenvalue weighted by Gasteiger charge is -2.07. The largest absolute Gasteiger partial charge is 0.462 e. The van der Waals surface area contributed by atoms with Gasteiger partial charge in [0.25, 0.3) is 0 Å². The van der Waals surface area contributed by atoms with Crippen molar-refractivity contribution in [2.45, 2.75) is 6.92 Å². The van der Waals surface area contributed by atoms with E-state index in [0.29, 0.717) is 16.9 Å². The number of rotatable bonds is 6. The lowest BCUT2D eigenvalue weighted by atomic mass is 10.0. The van der Waals surface area contributed by atoms with E-state index in [1.807, 2.05) is 48.5 Å². The van der Waals surface area contributed by atoms with Crippen molar-refractivity contribution in [3.8, 4) is 22.9 Å². The summed E-state index contributed by atoms with van der Waals surface area (Å²) in [6.45, 7) is 1.85. The third-order valence-corrected chi connectivity index (χ3v) is 4.22. The summed E-state index contributed by atoms with van der Waals surface area (Å²) in [4.78, 5) is 24.2. The van der Waals surface area contributed by atoms with Crippen LogP contribution in [0.3, 0.4) is 0 Å². The van der Waals surface area contributed by atoms with E-state index in [1.54, 1.807) is 43.3 Å². The molecule has 0 aliphatic heterocycles. The second kappa shape index (κ2) is 9.85. The van der Waals surface area contributed by atoms with Crippen molar-refractivity contribution in [1.29, 1.82) is 5.26 Å². The van der Waals surface area contributed by atoms with Crippen molar-refractivity contribution in [3.05, 3.63) is 95.6 Å². The lowest BCUT2D eigenvalue weighted by Crippen LogP contribution is -2.08. The van der Waals surface area contributed by atoms with E-state index in [9.17, 15) is 9.59 Å². The number of nitriles is 1. The fraction of sp³-hybridized carbons (Fsp3) is 0.0800. The molecule has 0 radical (unpaired) electrons. The molecule has 0 fully saturated rings. The van der Waals surface area contributed by atoms with Crippen LogP contribution in [0.15, 0.2) is 84.4 Å². The molecule has 0 aromatic heterocycles. The maximum Gasteiger partial charge on any atom is 0.348 e. The third kappa shape index (κ3) is 5.21. The molecule has 0 atom stereocenters. The van der Waals surface area contributed by atoms with E-state index in [-0.39, 0.29) is 12.2 Å². The van der Waals surface area contributed by atoms with Crippen LogP contribution in [0, 0.1) is 11.3 Å². The Morgan fingerprint density at radius 3 is 2.30 bits per heavy atom. The highest BCUT2D eigenvalue weighted by atomic mass is 16.5. The van der Waals surface area contributed by atoms with Gasteiger partial charge in [0.15, 0.2) is 0 Å². The summed E-state index contributed by atoms with van der Waals surface area (Å²) in [5.41, 5.74) is 2.90. The minimum Gasteiger partial charge on any atom is -0.462 e. The van der Waals surface area contributed by atoms with Crippen LogP contribution in [0.5, 0.6) is 5.75 Å². The quantitative estimate of drug-likeness (QED) is 0.252. The Bertz CT molecular complexity index is 1110. The van der Waals surface area contributed by atoms with Crippen LogP contribution in [-0.2, 0) is 9.53 Å². The average Bonchev–Trinajstić information content (AvgIpc) is 2.78. The Labute approximate surface area is 174 Å². The zero-order valence-electron chi connectivity index (χ0n) is 16.4. The van der Waals surface area contributed by atoms with Crippen LogP contribution >= 0.6 is 0 Å². The third-order valence-electron chi connectivity index (χ3n) is 4.22. The first-order chi connectivity index (χ1) is 14.6. The van der Waals surface area contributed by atoms with Crippen LogP contribution in [-0.4, -0.2) is 18.5 Å². The van der Waals surface area contributed by atoms with Crippen molar-refractivity contribution in [1.82, 2.24) is 0 Å². The smallest absolute Gasteiger partial charge is 0.348 e. The van der Waals surface area contributed by atoms with Crippen LogP contribution in [0.2, 0.25) is 0 Å². The fourth-order valence-electron chi connectivity index (χ4n) is 2.78. The van der Waals surface area contributed by atoms with E-state index < -0.39 is 11.9 Å². The summed E-state index contributed by atoms with van der Waals surface area (Å²) < 4.78 is 10.3. The molecule has 3 aromatic carbocycles. The SMILES string of the molecule is CCOC(=O)/C(C#N)=C/c1cccc(OC(=O)c2ccc(-c3ccccc3)cc2)c1. The first-order valence-corrected chi connectivity index (χ1v) is 9.37. The number of esters is 2. The van der Waals surface area contributed by atoms with Gasteiger partial charge in [0.05, 0.1) is 12.2 Å². The summed E-state index contributed by atoms with van der Waals surface area (Å²) in [7, 11) is 0. The minimum atomic E-state index is -0.694. The summed E-state index contributed by atoms with van der Waals surface area (Å²) in [6, 6.07) is 25.4. The van der Waals surface area contributed by atoms with E-state index in [4.69, 9.17) is 14.7 Å². The van der Waals surface area contributed by atoms with Gasteiger partial charge in [0, 0.05) is 0 Å². The zero-order valence-corrected chi connectivity index (χ0v) is 16.4. The Balaban J connectivity index is 1.74. The van der Waals surface area contributed by atoms with Crippen molar-refractivity contribution in [2.75, 3.05) is 6.61 Å². The van der Waals surface area contributed by atoms with Gasteiger partial charge in [0.1, 0.15) is 17.4 Å². The molecule has 30 heavy (non-hydrogen) atoms. The van der Waals surface area contributed by atoms with Crippen molar-refractivity contribution in [3.63, 3.8) is 0 Å². The predicted molar refractivity (Wildman–Crippen MR) is 114 cm³/mol. The van der Waals surface area contributed by atoms with Crippen LogP contribution in [0.25, 0.3) is 17.2 Å². The Morgan fingerprint density at radius 2 is 1.63 bits per heavy atom. The first-order valence-electron chi connectivity index (χ1n) is 9.37. The molecule has 0 aliphatic carbocycles. The van der Waals surface area contributed by atoms with Gasteiger partial charge in [-0.1, -0.05) is 54.6 Å². The van der Waals surface area contributed by atoms with Crippen LogP contribution in [0.1, 0.15) is 22.8 Å². The molecule has 0 saturated carbocycles. The maximum absolute atomic E-state index is 12.5. The molecule has 0 amide bonds. The van der Waals surface area contributed by atoms with Gasteiger partial charge in [-0.05, 0) is 54.0 Å². The first kappa shape index (κ1) is 20.6. The highest BCUT2D eigenvalue weighted by molar-refractivity contribution is 5.98. The fourth-order valence-corrected chi connectivity index (χ4v) is 2.78. The molecule has 3 aromatic rings. The molecule has 0 aliphatic rings. The number of carbonyl (C=O) groups is 2. The summed E-state index contributed by atoms with van der Waals surface area (Å²) >= 11 is 0. The van der Waals surface area contributed by atoms with Gasteiger partial charge in [-0.2, -0.15) is 5.26 Å². The number of nitrogens with zero attached hydrogens (tertiary/aromatic N) is 1. The van der Waals surface area contributed by atoms with Crippen molar-refractivity contribution >= 4 is 18.0 Å². The van der Waals surface area contributed by atoms with Gasteiger partial charge in [-0.3, -0.25) is 0 Å². The zero-order chi connectivity index (χ0) is 21.3. The number of benzene rings is 3. The van der Waals surface area contributed by atoms with Gasteiger partial charge >= 0.3 is 11.9 Å². The summed E-state index contributed by atoms with van der Waals surface area (Å²) in [5.74, 6) is -0.885. The molecule has 5 heteroatoms. The molecule has 3 rings (SSSR count). The summed E-state index contributed by atoms with van der Waals surface area (Å²) in [6.07, 6.45) is 1.39. The van der Waals surface area contributed by atoms with Crippen LogP contribution in [0.4, 0.5) is 0 Å². The molecule has 0 unspecified atom stereocenters. The van der Waals surface area contributed by atoms with Crippen molar-refractivity contribution < 1.29 is 19.1 Å². The predicted octanol–water partition coefficient (Wildman–Crippen LogP) is 5.04. The normalized spacial score (nSPS) is 10.7.